The molecule has 130 valence electrons. The Hall–Kier alpha value is -2.22. The molecule has 2 fully saturated rings. The summed E-state index contributed by atoms with van der Waals surface area (Å²) in [6, 6.07) is 1.21. The molecule has 0 aliphatic carbocycles. The summed E-state index contributed by atoms with van der Waals surface area (Å²) in [6.07, 6.45) is 0. The highest BCUT2D eigenvalue weighted by Crippen LogP contribution is 2.26. The molecule has 0 bridgehead atoms. The van der Waals surface area contributed by atoms with Crippen molar-refractivity contribution in [1.82, 2.24) is 24.7 Å². The second-order valence-electron chi connectivity index (χ2n) is 6.66. The lowest BCUT2D eigenvalue weighted by Gasteiger charge is -2.45. The van der Waals surface area contributed by atoms with Crippen molar-refractivity contribution in [2.45, 2.75) is 25.8 Å². The summed E-state index contributed by atoms with van der Waals surface area (Å²) >= 11 is 0. The summed E-state index contributed by atoms with van der Waals surface area (Å²) in [7, 11) is 1.92. The molecule has 0 unspecified atom stereocenters. The van der Waals surface area contributed by atoms with Crippen LogP contribution in [-0.2, 0) is 9.59 Å². The van der Waals surface area contributed by atoms with Crippen molar-refractivity contribution in [1.29, 1.82) is 0 Å². The molecule has 3 rings (SSSR count). The molecule has 8 nitrogen and oxygen atoms in total. The molecule has 2 aliphatic heterocycles. The third kappa shape index (κ3) is 3.19. The number of piperazine rings is 1. The van der Waals surface area contributed by atoms with Crippen molar-refractivity contribution in [3.8, 4) is 0 Å². The average Bonchev–Trinajstić information content (AvgIpc) is 2.44. The lowest BCUT2D eigenvalue weighted by molar-refractivity contribution is -0.145. The first kappa shape index (κ1) is 16.6. The highest BCUT2D eigenvalue weighted by atomic mass is 16.2. The predicted octanol–water partition coefficient (Wildman–Crippen LogP) is -0.833. The molecule has 8 heteroatoms. The van der Waals surface area contributed by atoms with Gasteiger partial charge >= 0.3 is 0 Å². The smallest absolute Gasteiger partial charge is 0.251 e. The number of likely N-dealkylation sites (N-methyl/N-ethyl adjacent to an activating group) is 1. The Labute approximate surface area is 140 Å². The van der Waals surface area contributed by atoms with E-state index in [1.54, 1.807) is 16.7 Å². The first-order chi connectivity index (χ1) is 11.3. The van der Waals surface area contributed by atoms with Crippen LogP contribution in [0.3, 0.4) is 0 Å². The molecule has 1 atom stereocenters. The van der Waals surface area contributed by atoms with Crippen LogP contribution in [0.5, 0.6) is 0 Å². The van der Waals surface area contributed by atoms with Gasteiger partial charge < -0.3 is 14.8 Å². The van der Waals surface area contributed by atoms with E-state index in [-0.39, 0.29) is 29.3 Å². The molecule has 24 heavy (non-hydrogen) atoms. The third-order valence-corrected chi connectivity index (χ3v) is 4.87. The second-order valence-corrected chi connectivity index (χ2v) is 6.66. The van der Waals surface area contributed by atoms with Crippen LogP contribution in [0.2, 0.25) is 0 Å². The Morgan fingerprint density at radius 3 is 2.54 bits per heavy atom. The van der Waals surface area contributed by atoms with Crippen LogP contribution in [0.25, 0.3) is 0 Å². The van der Waals surface area contributed by atoms with Gasteiger partial charge in [0.25, 0.3) is 5.56 Å². The number of H-pyrrole nitrogens is 1. The molecule has 0 saturated carbocycles. The van der Waals surface area contributed by atoms with Gasteiger partial charge in [-0.3, -0.25) is 19.3 Å². The van der Waals surface area contributed by atoms with Gasteiger partial charge in [0.05, 0.1) is 5.69 Å². The molecular formula is C16H23N5O3. The number of carbonyl (C=O) groups is 2. The molecule has 3 heterocycles. The van der Waals surface area contributed by atoms with Gasteiger partial charge in [-0.2, -0.15) is 0 Å². The van der Waals surface area contributed by atoms with E-state index in [1.165, 1.54) is 13.0 Å². The highest BCUT2D eigenvalue weighted by molar-refractivity contribution is 5.84. The number of hydrogen-bond donors (Lipinski definition) is 1. The van der Waals surface area contributed by atoms with Crippen molar-refractivity contribution in [3.05, 3.63) is 27.9 Å². The summed E-state index contributed by atoms with van der Waals surface area (Å²) in [5.41, 5.74) is 0.578. The van der Waals surface area contributed by atoms with Gasteiger partial charge in [-0.05, 0) is 14.0 Å². The van der Waals surface area contributed by atoms with Gasteiger partial charge in [0.2, 0.25) is 11.8 Å². The Morgan fingerprint density at radius 1 is 1.21 bits per heavy atom. The molecule has 1 aromatic rings. The molecule has 1 aromatic heterocycles. The standard InChI is InChI=1S/C16H23N5O3/c1-10-17-13(6-15(23)18-10)12-7-21(8-12)16(24)14-9-20(11(2)22)5-4-19(14)3/h6,12,14H,4-5,7-9H2,1-3H3,(H,17,18,23)/t14-/m0/s1. The van der Waals surface area contributed by atoms with Crippen LogP contribution in [0, 0.1) is 6.92 Å². The summed E-state index contributed by atoms with van der Waals surface area (Å²) in [4.78, 5) is 48.3. The van der Waals surface area contributed by atoms with Gasteiger partial charge in [-0.15, -0.1) is 0 Å². The monoisotopic (exact) mass is 333 g/mol. The quantitative estimate of drug-likeness (QED) is 0.763. The lowest BCUT2D eigenvalue weighted by atomic mass is 9.94. The fraction of sp³-hybridized carbons (Fsp3) is 0.625. The van der Waals surface area contributed by atoms with Gasteiger partial charge in [-0.25, -0.2) is 4.98 Å². The number of nitrogens with zero attached hydrogens (tertiary/aromatic N) is 4. The number of rotatable bonds is 2. The van der Waals surface area contributed by atoms with E-state index in [4.69, 9.17) is 0 Å². The number of aryl methyl sites for hydroxylation is 1. The Kier molecular flexibility index (Phi) is 4.40. The zero-order chi connectivity index (χ0) is 17.4. The zero-order valence-corrected chi connectivity index (χ0v) is 14.3. The van der Waals surface area contributed by atoms with E-state index in [1.807, 2.05) is 11.9 Å². The predicted molar refractivity (Wildman–Crippen MR) is 87.6 cm³/mol. The van der Waals surface area contributed by atoms with E-state index in [9.17, 15) is 14.4 Å². The fourth-order valence-corrected chi connectivity index (χ4v) is 3.29. The van der Waals surface area contributed by atoms with E-state index in [2.05, 4.69) is 9.97 Å². The summed E-state index contributed by atoms with van der Waals surface area (Å²) in [5, 5.41) is 0. The normalized spacial score (nSPS) is 22.4. The molecule has 1 N–H and O–H groups in total. The minimum absolute atomic E-state index is 0.00516. The number of likely N-dealkylation sites (tertiary alicyclic amines) is 1. The average molecular weight is 333 g/mol. The number of aromatic nitrogens is 2. The van der Waals surface area contributed by atoms with Crippen molar-refractivity contribution < 1.29 is 9.59 Å². The molecule has 2 amide bonds. The molecule has 0 radical (unpaired) electrons. The minimum atomic E-state index is -0.294. The van der Waals surface area contributed by atoms with Gasteiger partial charge in [0, 0.05) is 51.6 Å². The maximum atomic E-state index is 12.7. The van der Waals surface area contributed by atoms with E-state index >= 15 is 0 Å². The van der Waals surface area contributed by atoms with E-state index in [0.717, 1.165) is 5.69 Å². The van der Waals surface area contributed by atoms with Crippen LogP contribution >= 0.6 is 0 Å². The van der Waals surface area contributed by atoms with Crippen molar-refractivity contribution in [2.75, 3.05) is 39.8 Å². The fourth-order valence-electron chi connectivity index (χ4n) is 3.29. The van der Waals surface area contributed by atoms with Crippen molar-refractivity contribution in [3.63, 3.8) is 0 Å². The van der Waals surface area contributed by atoms with Gasteiger partial charge in [-0.1, -0.05) is 0 Å². The van der Waals surface area contributed by atoms with Crippen LogP contribution in [0.1, 0.15) is 24.4 Å². The summed E-state index contributed by atoms with van der Waals surface area (Å²) in [6.45, 7) is 6.22. The van der Waals surface area contributed by atoms with E-state index in [0.29, 0.717) is 38.5 Å². The lowest BCUT2D eigenvalue weighted by Crippen LogP contribution is -2.62. The Balaban J connectivity index is 1.63. The SMILES string of the molecule is CC(=O)N1CCN(C)[C@H](C(=O)N2CC(c3cc(=O)[nH]c(C)n3)C2)C1. The number of nitrogens with one attached hydrogen (secondary N) is 1. The van der Waals surface area contributed by atoms with Gasteiger partial charge in [0.15, 0.2) is 0 Å². The van der Waals surface area contributed by atoms with Crippen LogP contribution in [0.15, 0.2) is 10.9 Å². The number of aromatic amines is 1. The first-order valence-corrected chi connectivity index (χ1v) is 8.17. The molecule has 0 aromatic carbocycles. The largest absolute Gasteiger partial charge is 0.340 e. The second kappa shape index (κ2) is 6.35. The van der Waals surface area contributed by atoms with Crippen LogP contribution < -0.4 is 5.56 Å². The molecule has 2 aliphatic rings. The number of carbonyl (C=O) groups excluding carboxylic acids is 2. The first-order valence-electron chi connectivity index (χ1n) is 8.17. The van der Waals surface area contributed by atoms with Crippen LogP contribution in [-0.4, -0.2) is 82.3 Å². The van der Waals surface area contributed by atoms with Crippen LogP contribution in [0.4, 0.5) is 0 Å². The Bertz CT molecular complexity index is 710. The summed E-state index contributed by atoms with van der Waals surface area (Å²) < 4.78 is 0. The third-order valence-electron chi connectivity index (χ3n) is 4.87. The van der Waals surface area contributed by atoms with Crippen molar-refractivity contribution in [2.24, 2.45) is 0 Å². The molecular weight excluding hydrogens is 310 g/mol. The molecule has 0 spiro atoms. The minimum Gasteiger partial charge on any atom is -0.340 e. The maximum Gasteiger partial charge on any atom is 0.251 e. The zero-order valence-electron chi connectivity index (χ0n) is 14.3. The number of hydrogen-bond acceptors (Lipinski definition) is 5. The van der Waals surface area contributed by atoms with Gasteiger partial charge in [0.1, 0.15) is 11.9 Å². The highest BCUT2D eigenvalue weighted by Gasteiger charge is 2.39. The molecule has 2 saturated heterocycles. The summed E-state index contributed by atoms with van der Waals surface area (Å²) in [5.74, 6) is 0.742. The van der Waals surface area contributed by atoms with Crippen molar-refractivity contribution >= 4 is 11.8 Å². The van der Waals surface area contributed by atoms with E-state index < -0.39 is 0 Å². The topological polar surface area (TPSA) is 89.6 Å². The Morgan fingerprint density at radius 2 is 1.92 bits per heavy atom. The maximum absolute atomic E-state index is 12.7. The number of amides is 2.